The van der Waals surface area contributed by atoms with E-state index in [1.165, 1.54) is 18.4 Å². The van der Waals surface area contributed by atoms with Gasteiger partial charge in [0.25, 0.3) is 0 Å². The third-order valence-corrected chi connectivity index (χ3v) is 5.74. The lowest BCUT2D eigenvalue weighted by molar-refractivity contribution is -0.131. The van der Waals surface area contributed by atoms with Crippen LogP contribution in [0.2, 0.25) is 0 Å². The van der Waals surface area contributed by atoms with Crippen molar-refractivity contribution < 1.29 is 9.53 Å². The SMILES string of the molecule is CCC(CC)(CN)C(=O)NCC(c1cccc(OC)c1)N1CCCC1.Cl.Cl. The van der Waals surface area contributed by atoms with Crippen LogP contribution in [-0.4, -0.2) is 44.1 Å². The van der Waals surface area contributed by atoms with E-state index in [9.17, 15) is 4.79 Å². The zero-order valence-corrected chi connectivity index (χ0v) is 18.3. The van der Waals surface area contributed by atoms with E-state index in [0.29, 0.717) is 13.1 Å². The molecule has 7 heteroatoms. The van der Waals surface area contributed by atoms with Crippen molar-refractivity contribution in [3.8, 4) is 5.75 Å². The first-order chi connectivity index (χ1) is 12.1. The van der Waals surface area contributed by atoms with Crippen molar-refractivity contribution in [3.05, 3.63) is 29.8 Å². The highest BCUT2D eigenvalue weighted by atomic mass is 35.5. The van der Waals surface area contributed by atoms with Gasteiger partial charge in [0.2, 0.25) is 5.91 Å². The summed E-state index contributed by atoms with van der Waals surface area (Å²) in [7, 11) is 1.68. The number of likely N-dealkylation sites (tertiary alicyclic amines) is 1. The Kier molecular flexibility index (Phi) is 12.0. The summed E-state index contributed by atoms with van der Waals surface area (Å²) in [5.41, 5.74) is 6.65. The molecule has 1 unspecified atom stereocenters. The number of halogens is 2. The highest BCUT2D eigenvalue weighted by Crippen LogP contribution is 2.29. The molecule has 1 aromatic carbocycles. The number of benzene rings is 1. The molecule has 1 fully saturated rings. The smallest absolute Gasteiger partial charge is 0.227 e. The first-order valence-electron chi connectivity index (χ1n) is 9.46. The molecule has 0 bridgehead atoms. The Bertz CT molecular complexity index is 554. The molecule has 3 N–H and O–H groups in total. The highest BCUT2D eigenvalue weighted by Gasteiger charge is 2.34. The molecule has 1 amide bonds. The van der Waals surface area contributed by atoms with Gasteiger partial charge in [-0.2, -0.15) is 0 Å². The highest BCUT2D eigenvalue weighted by molar-refractivity contribution is 5.85. The molecule has 5 nitrogen and oxygen atoms in total. The molecule has 0 saturated carbocycles. The predicted molar refractivity (Wildman–Crippen MR) is 116 cm³/mol. The molecule has 0 aliphatic carbocycles. The molecule has 156 valence electrons. The van der Waals surface area contributed by atoms with E-state index in [2.05, 4.69) is 22.3 Å². The molecular formula is C20H35Cl2N3O2. The third-order valence-electron chi connectivity index (χ3n) is 5.74. The summed E-state index contributed by atoms with van der Waals surface area (Å²) >= 11 is 0. The van der Waals surface area contributed by atoms with Crippen LogP contribution in [0.1, 0.15) is 51.1 Å². The summed E-state index contributed by atoms with van der Waals surface area (Å²) in [5, 5.41) is 3.19. The first kappa shape index (κ1) is 26.0. The fraction of sp³-hybridized carbons (Fsp3) is 0.650. The van der Waals surface area contributed by atoms with Gasteiger partial charge in [-0.1, -0.05) is 26.0 Å². The molecule has 2 rings (SSSR count). The van der Waals surface area contributed by atoms with E-state index >= 15 is 0 Å². The normalized spacial score (nSPS) is 15.4. The minimum Gasteiger partial charge on any atom is -0.497 e. The van der Waals surface area contributed by atoms with Crippen LogP contribution >= 0.6 is 24.8 Å². The third kappa shape index (κ3) is 6.24. The number of carbonyl (C=O) groups is 1. The largest absolute Gasteiger partial charge is 0.497 e. The Labute approximate surface area is 176 Å². The van der Waals surface area contributed by atoms with E-state index in [4.69, 9.17) is 10.5 Å². The van der Waals surface area contributed by atoms with Gasteiger partial charge in [0.15, 0.2) is 0 Å². The molecular weight excluding hydrogens is 385 g/mol. The van der Waals surface area contributed by atoms with Gasteiger partial charge < -0.3 is 15.8 Å². The van der Waals surface area contributed by atoms with Crippen LogP contribution in [0.3, 0.4) is 0 Å². The van der Waals surface area contributed by atoms with Crippen molar-refractivity contribution in [2.75, 3.05) is 33.3 Å². The Morgan fingerprint density at radius 1 is 1.26 bits per heavy atom. The zero-order valence-electron chi connectivity index (χ0n) is 16.7. The minimum absolute atomic E-state index is 0. The van der Waals surface area contributed by atoms with Crippen molar-refractivity contribution in [3.63, 3.8) is 0 Å². The molecule has 1 heterocycles. The molecule has 0 radical (unpaired) electrons. The summed E-state index contributed by atoms with van der Waals surface area (Å²) < 4.78 is 5.38. The molecule has 1 aliphatic heterocycles. The van der Waals surface area contributed by atoms with Gasteiger partial charge >= 0.3 is 0 Å². The van der Waals surface area contributed by atoms with Crippen molar-refractivity contribution in [2.45, 2.75) is 45.6 Å². The van der Waals surface area contributed by atoms with Crippen molar-refractivity contribution in [2.24, 2.45) is 11.1 Å². The van der Waals surface area contributed by atoms with Crippen LogP contribution in [0.4, 0.5) is 0 Å². The molecule has 1 atom stereocenters. The summed E-state index contributed by atoms with van der Waals surface area (Å²) in [6.45, 7) is 7.21. The fourth-order valence-corrected chi connectivity index (χ4v) is 3.69. The zero-order chi connectivity index (χ0) is 18.3. The number of methoxy groups -OCH3 is 1. The number of amides is 1. The van der Waals surface area contributed by atoms with E-state index < -0.39 is 5.41 Å². The van der Waals surface area contributed by atoms with Gasteiger partial charge in [-0.15, -0.1) is 24.8 Å². The van der Waals surface area contributed by atoms with Gasteiger partial charge in [-0.25, -0.2) is 0 Å². The predicted octanol–water partition coefficient (Wildman–Crippen LogP) is 3.56. The van der Waals surface area contributed by atoms with Crippen LogP contribution in [-0.2, 0) is 4.79 Å². The first-order valence-corrected chi connectivity index (χ1v) is 9.46. The van der Waals surface area contributed by atoms with Crippen molar-refractivity contribution in [1.29, 1.82) is 0 Å². The second-order valence-corrected chi connectivity index (χ2v) is 6.94. The van der Waals surface area contributed by atoms with Crippen LogP contribution in [0.15, 0.2) is 24.3 Å². The standard InChI is InChI=1S/C20H33N3O2.2ClH/c1-4-20(5-2,15-21)19(24)22-14-18(23-11-6-7-12-23)16-9-8-10-17(13-16)25-3;;/h8-10,13,18H,4-7,11-12,14-15,21H2,1-3H3,(H,22,24);2*1H. The van der Waals surface area contributed by atoms with Gasteiger partial charge in [0, 0.05) is 13.1 Å². The maximum absolute atomic E-state index is 12.8. The van der Waals surface area contributed by atoms with Gasteiger partial charge in [-0.3, -0.25) is 9.69 Å². The number of hydrogen-bond donors (Lipinski definition) is 2. The Hall–Kier alpha value is -1.01. The number of ether oxygens (including phenoxy) is 1. The molecule has 0 spiro atoms. The number of rotatable bonds is 9. The lowest BCUT2D eigenvalue weighted by Gasteiger charge is -2.32. The van der Waals surface area contributed by atoms with Gasteiger partial charge in [0.1, 0.15) is 5.75 Å². The lowest BCUT2D eigenvalue weighted by Crippen LogP contribution is -2.47. The molecule has 1 aliphatic rings. The summed E-state index contributed by atoms with van der Waals surface area (Å²) in [6, 6.07) is 8.34. The van der Waals surface area contributed by atoms with Crippen molar-refractivity contribution in [1.82, 2.24) is 10.2 Å². The Morgan fingerprint density at radius 3 is 2.41 bits per heavy atom. The number of hydrogen-bond acceptors (Lipinski definition) is 4. The fourth-order valence-electron chi connectivity index (χ4n) is 3.69. The summed E-state index contributed by atoms with van der Waals surface area (Å²) in [6.07, 6.45) is 3.95. The second-order valence-electron chi connectivity index (χ2n) is 6.94. The average Bonchev–Trinajstić information content (AvgIpc) is 3.18. The molecule has 0 aromatic heterocycles. The summed E-state index contributed by atoms with van der Waals surface area (Å²) in [5.74, 6) is 0.929. The van der Waals surface area contributed by atoms with E-state index in [0.717, 1.165) is 31.7 Å². The molecule has 1 aromatic rings. The van der Waals surface area contributed by atoms with Crippen molar-refractivity contribution >= 4 is 30.7 Å². The number of nitrogens with two attached hydrogens (primary N) is 1. The van der Waals surface area contributed by atoms with Gasteiger partial charge in [0.05, 0.1) is 18.6 Å². The van der Waals surface area contributed by atoms with Gasteiger partial charge in [-0.05, 0) is 56.5 Å². The van der Waals surface area contributed by atoms with E-state index in [-0.39, 0.29) is 36.8 Å². The van der Waals surface area contributed by atoms with E-state index in [1.807, 2.05) is 26.0 Å². The maximum Gasteiger partial charge on any atom is 0.227 e. The van der Waals surface area contributed by atoms with Crippen LogP contribution in [0.5, 0.6) is 5.75 Å². The minimum atomic E-state index is -0.454. The molecule has 1 saturated heterocycles. The van der Waals surface area contributed by atoms with E-state index in [1.54, 1.807) is 7.11 Å². The Morgan fingerprint density at radius 2 is 1.89 bits per heavy atom. The maximum atomic E-state index is 12.8. The van der Waals surface area contributed by atoms with Crippen LogP contribution in [0, 0.1) is 5.41 Å². The topological polar surface area (TPSA) is 67.6 Å². The Balaban J connectivity index is 0.00000338. The average molecular weight is 420 g/mol. The number of nitrogens with zero attached hydrogens (tertiary/aromatic N) is 1. The monoisotopic (exact) mass is 419 g/mol. The number of nitrogens with one attached hydrogen (secondary N) is 1. The second kappa shape index (κ2) is 12.4. The lowest BCUT2D eigenvalue weighted by atomic mass is 9.81. The quantitative estimate of drug-likeness (QED) is 0.641. The number of carbonyl (C=O) groups excluding carboxylic acids is 1. The van der Waals surface area contributed by atoms with Crippen LogP contribution in [0.25, 0.3) is 0 Å². The van der Waals surface area contributed by atoms with Crippen LogP contribution < -0.4 is 15.8 Å². The molecule has 27 heavy (non-hydrogen) atoms. The summed E-state index contributed by atoms with van der Waals surface area (Å²) in [4.78, 5) is 15.3.